The Balaban J connectivity index is 1.89. The van der Waals surface area contributed by atoms with Crippen molar-refractivity contribution in [2.75, 3.05) is 6.61 Å². The summed E-state index contributed by atoms with van der Waals surface area (Å²) in [5, 5.41) is 6.68. The summed E-state index contributed by atoms with van der Waals surface area (Å²) in [5.41, 5.74) is 0.836. The minimum Gasteiger partial charge on any atom is -0.484 e. The number of aromatic nitrogens is 2. The van der Waals surface area contributed by atoms with Gasteiger partial charge in [-0.05, 0) is 37.6 Å². The van der Waals surface area contributed by atoms with Gasteiger partial charge >= 0.3 is 0 Å². The Morgan fingerprint density at radius 1 is 1.38 bits per heavy atom. The average molecular weight is 289 g/mol. The third-order valence-corrected chi connectivity index (χ3v) is 3.03. The van der Waals surface area contributed by atoms with Gasteiger partial charge in [0.15, 0.2) is 6.61 Å². The van der Waals surface area contributed by atoms with Crippen LogP contribution in [0.4, 0.5) is 0 Å². The van der Waals surface area contributed by atoms with Crippen LogP contribution in [0.15, 0.2) is 28.8 Å². The lowest BCUT2D eigenvalue weighted by Gasteiger charge is -2.12. The third-order valence-electron chi connectivity index (χ3n) is 3.03. The molecule has 0 fully saturated rings. The molecule has 6 nitrogen and oxygen atoms in total. The number of amides is 1. The number of ether oxygens (including phenoxy) is 1. The molecule has 1 aromatic heterocycles. The van der Waals surface area contributed by atoms with Crippen molar-refractivity contribution in [2.45, 2.75) is 33.2 Å². The van der Waals surface area contributed by atoms with Gasteiger partial charge in [-0.3, -0.25) is 4.79 Å². The molecule has 1 N–H and O–H groups in total. The number of hydrogen-bond acceptors (Lipinski definition) is 5. The summed E-state index contributed by atoms with van der Waals surface area (Å²) in [5.74, 6) is 1.56. The van der Waals surface area contributed by atoms with Gasteiger partial charge < -0.3 is 14.6 Å². The van der Waals surface area contributed by atoms with Crippen molar-refractivity contribution < 1.29 is 14.1 Å². The number of rotatable bonds is 6. The standard InChI is InChI=1S/C15H19N3O3/c1-4-10(2)16-14(19)9-20-13-7-5-12(6-8-13)15-17-11(3)21-18-15/h5-8,10H,4,9H2,1-3H3,(H,16,19). The molecule has 0 bridgehead atoms. The minimum absolute atomic E-state index is 0.00497. The lowest BCUT2D eigenvalue weighted by molar-refractivity contribution is -0.123. The van der Waals surface area contributed by atoms with Gasteiger partial charge in [-0.25, -0.2) is 0 Å². The van der Waals surface area contributed by atoms with Gasteiger partial charge in [-0.2, -0.15) is 4.98 Å². The molecular weight excluding hydrogens is 270 g/mol. The van der Waals surface area contributed by atoms with Crippen LogP contribution >= 0.6 is 0 Å². The Labute approximate surface area is 123 Å². The molecule has 0 aliphatic carbocycles. The van der Waals surface area contributed by atoms with Crippen molar-refractivity contribution in [1.29, 1.82) is 0 Å². The first-order valence-electron chi connectivity index (χ1n) is 6.91. The zero-order valence-electron chi connectivity index (χ0n) is 12.4. The zero-order chi connectivity index (χ0) is 15.2. The van der Waals surface area contributed by atoms with E-state index in [1.807, 2.05) is 26.0 Å². The van der Waals surface area contributed by atoms with Gasteiger partial charge in [-0.1, -0.05) is 12.1 Å². The highest BCUT2D eigenvalue weighted by molar-refractivity contribution is 5.77. The van der Waals surface area contributed by atoms with Crippen molar-refractivity contribution in [3.05, 3.63) is 30.2 Å². The van der Waals surface area contributed by atoms with Gasteiger partial charge in [0.25, 0.3) is 5.91 Å². The smallest absolute Gasteiger partial charge is 0.258 e. The van der Waals surface area contributed by atoms with Crippen molar-refractivity contribution >= 4 is 5.91 Å². The predicted octanol–water partition coefficient (Wildman–Crippen LogP) is 2.34. The topological polar surface area (TPSA) is 77.2 Å². The number of carbonyl (C=O) groups excluding carboxylic acids is 1. The number of nitrogens with one attached hydrogen (secondary N) is 1. The number of aryl methyl sites for hydroxylation is 1. The number of benzene rings is 1. The molecule has 21 heavy (non-hydrogen) atoms. The van der Waals surface area contributed by atoms with Crippen LogP contribution in [0.25, 0.3) is 11.4 Å². The molecule has 0 spiro atoms. The van der Waals surface area contributed by atoms with E-state index < -0.39 is 0 Å². The molecule has 2 rings (SSSR count). The molecule has 0 radical (unpaired) electrons. The van der Waals surface area contributed by atoms with Gasteiger partial charge in [-0.15, -0.1) is 0 Å². The van der Waals surface area contributed by atoms with Crippen LogP contribution in [0.2, 0.25) is 0 Å². The Morgan fingerprint density at radius 2 is 2.10 bits per heavy atom. The van der Waals surface area contributed by atoms with Crippen molar-refractivity contribution in [3.8, 4) is 17.1 Å². The van der Waals surface area contributed by atoms with Crippen LogP contribution in [0.5, 0.6) is 5.75 Å². The fraction of sp³-hybridized carbons (Fsp3) is 0.400. The third kappa shape index (κ3) is 4.30. The molecular formula is C15H19N3O3. The fourth-order valence-corrected chi connectivity index (χ4v) is 1.68. The maximum absolute atomic E-state index is 11.6. The van der Waals surface area contributed by atoms with E-state index in [9.17, 15) is 4.79 Å². The monoisotopic (exact) mass is 289 g/mol. The Bertz CT molecular complexity index is 592. The Kier molecular flexibility index (Phi) is 4.92. The fourth-order valence-electron chi connectivity index (χ4n) is 1.68. The largest absolute Gasteiger partial charge is 0.484 e. The first-order valence-corrected chi connectivity index (χ1v) is 6.91. The maximum Gasteiger partial charge on any atom is 0.258 e. The molecule has 6 heteroatoms. The SMILES string of the molecule is CCC(C)NC(=O)COc1ccc(-c2noc(C)n2)cc1. The van der Waals surface area contributed by atoms with E-state index in [0.717, 1.165) is 12.0 Å². The van der Waals surface area contributed by atoms with E-state index in [4.69, 9.17) is 9.26 Å². The molecule has 1 heterocycles. The van der Waals surface area contributed by atoms with E-state index >= 15 is 0 Å². The lowest BCUT2D eigenvalue weighted by atomic mass is 10.2. The summed E-state index contributed by atoms with van der Waals surface area (Å²) in [6.07, 6.45) is 0.893. The summed E-state index contributed by atoms with van der Waals surface area (Å²) in [6.45, 7) is 5.72. The number of hydrogen-bond donors (Lipinski definition) is 1. The molecule has 2 aromatic rings. The van der Waals surface area contributed by atoms with E-state index in [0.29, 0.717) is 17.5 Å². The van der Waals surface area contributed by atoms with E-state index in [1.165, 1.54) is 0 Å². The highest BCUT2D eigenvalue weighted by atomic mass is 16.5. The van der Waals surface area contributed by atoms with Crippen LogP contribution in [0.3, 0.4) is 0 Å². The second-order valence-electron chi connectivity index (χ2n) is 4.83. The second kappa shape index (κ2) is 6.88. The van der Waals surface area contributed by atoms with Crippen LogP contribution in [0, 0.1) is 6.92 Å². The van der Waals surface area contributed by atoms with Gasteiger partial charge in [0.2, 0.25) is 11.7 Å². The highest BCUT2D eigenvalue weighted by Gasteiger charge is 2.08. The van der Waals surface area contributed by atoms with Gasteiger partial charge in [0.05, 0.1) is 0 Å². The van der Waals surface area contributed by atoms with E-state index in [2.05, 4.69) is 15.5 Å². The summed E-state index contributed by atoms with van der Waals surface area (Å²) in [6, 6.07) is 7.36. The molecule has 1 aromatic carbocycles. The Hall–Kier alpha value is -2.37. The second-order valence-corrected chi connectivity index (χ2v) is 4.83. The molecule has 112 valence electrons. The molecule has 1 amide bonds. The van der Waals surface area contributed by atoms with Gasteiger partial charge in [0.1, 0.15) is 5.75 Å². The highest BCUT2D eigenvalue weighted by Crippen LogP contribution is 2.19. The number of nitrogens with zero attached hydrogens (tertiary/aromatic N) is 2. The average Bonchev–Trinajstić information content (AvgIpc) is 2.92. The first-order chi connectivity index (χ1) is 10.1. The normalized spacial score (nSPS) is 12.0. The van der Waals surface area contributed by atoms with Gasteiger partial charge in [0, 0.05) is 18.5 Å². The van der Waals surface area contributed by atoms with E-state index in [-0.39, 0.29) is 18.6 Å². The predicted molar refractivity (Wildman–Crippen MR) is 77.9 cm³/mol. The number of carbonyl (C=O) groups is 1. The van der Waals surface area contributed by atoms with Crippen molar-refractivity contribution in [3.63, 3.8) is 0 Å². The van der Waals surface area contributed by atoms with Crippen LogP contribution < -0.4 is 10.1 Å². The first kappa shape index (κ1) is 15.0. The summed E-state index contributed by atoms with van der Waals surface area (Å²) < 4.78 is 10.4. The molecule has 0 aliphatic heterocycles. The van der Waals surface area contributed by atoms with E-state index in [1.54, 1.807) is 19.1 Å². The minimum atomic E-state index is -0.123. The lowest BCUT2D eigenvalue weighted by Crippen LogP contribution is -2.35. The van der Waals surface area contributed by atoms with Crippen molar-refractivity contribution in [2.24, 2.45) is 0 Å². The van der Waals surface area contributed by atoms with Crippen LogP contribution in [-0.2, 0) is 4.79 Å². The summed E-state index contributed by atoms with van der Waals surface area (Å²) in [7, 11) is 0. The summed E-state index contributed by atoms with van der Waals surface area (Å²) in [4.78, 5) is 15.8. The van der Waals surface area contributed by atoms with Crippen LogP contribution in [-0.4, -0.2) is 28.7 Å². The molecule has 0 aliphatic rings. The van der Waals surface area contributed by atoms with Crippen LogP contribution in [0.1, 0.15) is 26.2 Å². The van der Waals surface area contributed by atoms with Crippen molar-refractivity contribution in [1.82, 2.24) is 15.5 Å². The quantitative estimate of drug-likeness (QED) is 0.883. The maximum atomic E-state index is 11.6. The summed E-state index contributed by atoms with van der Waals surface area (Å²) >= 11 is 0. The molecule has 0 saturated carbocycles. The zero-order valence-corrected chi connectivity index (χ0v) is 12.4. The molecule has 1 unspecified atom stereocenters. The molecule has 1 atom stereocenters. The molecule has 0 saturated heterocycles. The Morgan fingerprint density at radius 3 is 2.67 bits per heavy atom.